The number of fused-ring (bicyclic) bond motifs is 1. The van der Waals surface area contributed by atoms with Gasteiger partial charge in [0.1, 0.15) is 6.61 Å². The summed E-state index contributed by atoms with van der Waals surface area (Å²) in [4.78, 5) is 11.7. The van der Waals surface area contributed by atoms with Gasteiger partial charge in [-0.1, -0.05) is 13.0 Å². The highest BCUT2D eigenvalue weighted by molar-refractivity contribution is 5.94. The third-order valence-corrected chi connectivity index (χ3v) is 4.39. The first-order chi connectivity index (χ1) is 12.1. The summed E-state index contributed by atoms with van der Waals surface area (Å²) in [5, 5.41) is 0. The maximum Gasteiger partial charge on any atom is 0.338 e. The molecule has 1 aliphatic rings. The monoisotopic (exact) mass is 342 g/mol. The Kier molecular flexibility index (Phi) is 4.83. The van der Waals surface area contributed by atoms with E-state index < -0.39 is 0 Å². The predicted octanol–water partition coefficient (Wildman–Crippen LogP) is 4.22. The fraction of sp³-hybridized carbons (Fsp3) is 0.350. The molecule has 1 aliphatic heterocycles. The Balaban J connectivity index is 2.13. The highest BCUT2D eigenvalue weighted by Crippen LogP contribution is 2.45. The number of rotatable bonds is 6. The van der Waals surface area contributed by atoms with Crippen LogP contribution in [0.5, 0.6) is 17.2 Å². The Morgan fingerprint density at radius 3 is 2.52 bits per heavy atom. The van der Waals surface area contributed by atoms with Gasteiger partial charge in [0.2, 0.25) is 5.75 Å². The molecule has 1 atom stereocenters. The fourth-order valence-electron chi connectivity index (χ4n) is 2.83. The molecule has 5 heteroatoms. The molecule has 132 valence electrons. The molecule has 0 amide bonds. The van der Waals surface area contributed by atoms with Gasteiger partial charge in [-0.25, -0.2) is 4.79 Å². The van der Waals surface area contributed by atoms with Crippen molar-refractivity contribution in [2.75, 3.05) is 14.2 Å². The van der Waals surface area contributed by atoms with Crippen molar-refractivity contribution >= 4 is 5.97 Å². The summed E-state index contributed by atoms with van der Waals surface area (Å²) in [6.07, 6.45) is 0.894. The van der Waals surface area contributed by atoms with Crippen LogP contribution in [0, 0.1) is 0 Å². The minimum Gasteiger partial charge on any atom is -0.493 e. The summed E-state index contributed by atoms with van der Waals surface area (Å²) in [7, 11) is 3.20. The number of ether oxygens (including phenoxy) is 4. The molecule has 0 spiro atoms. The van der Waals surface area contributed by atoms with E-state index in [1.165, 1.54) is 0 Å². The molecule has 0 bridgehead atoms. The number of hydrogen-bond acceptors (Lipinski definition) is 5. The molecule has 0 saturated carbocycles. The van der Waals surface area contributed by atoms with E-state index in [1.807, 2.05) is 31.2 Å². The lowest BCUT2D eigenvalue weighted by Crippen LogP contribution is -2.11. The smallest absolute Gasteiger partial charge is 0.338 e. The number of cyclic esters (lactones) is 1. The first-order valence-corrected chi connectivity index (χ1v) is 8.31. The van der Waals surface area contributed by atoms with Gasteiger partial charge in [-0.3, -0.25) is 0 Å². The van der Waals surface area contributed by atoms with Crippen LogP contribution in [0.2, 0.25) is 0 Å². The molecule has 0 saturated heterocycles. The Hall–Kier alpha value is -2.69. The van der Waals surface area contributed by atoms with Crippen LogP contribution in [-0.2, 0) is 11.3 Å². The van der Waals surface area contributed by atoms with Crippen molar-refractivity contribution in [1.82, 2.24) is 0 Å². The number of hydrogen-bond donors (Lipinski definition) is 0. The third kappa shape index (κ3) is 3.14. The first kappa shape index (κ1) is 17.1. The predicted molar refractivity (Wildman–Crippen MR) is 94.5 cm³/mol. The Bertz CT molecular complexity index is 797. The second-order valence-electron chi connectivity index (χ2n) is 5.96. The molecule has 0 aliphatic carbocycles. The van der Waals surface area contributed by atoms with Gasteiger partial charge in [0.15, 0.2) is 11.5 Å². The molecule has 1 unspecified atom stereocenters. The van der Waals surface area contributed by atoms with Crippen LogP contribution in [0.1, 0.15) is 36.2 Å². The summed E-state index contributed by atoms with van der Waals surface area (Å²) in [6, 6.07) is 9.45. The van der Waals surface area contributed by atoms with Crippen LogP contribution in [-0.4, -0.2) is 26.3 Å². The molecule has 0 radical (unpaired) electrons. The second-order valence-corrected chi connectivity index (χ2v) is 5.96. The van der Waals surface area contributed by atoms with Gasteiger partial charge in [0.05, 0.1) is 25.9 Å². The molecule has 2 aromatic carbocycles. The summed E-state index contributed by atoms with van der Waals surface area (Å²) >= 11 is 0. The third-order valence-electron chi connectivity index (χ3n) is 4.39. The number of methoxy groups -OCH3 is 2. The number of carbonyl (C=O) groups is 1. The zero-order chi connectivity index (χ0) is 18.0. The number of carbonyl (C=O) groups excluding carboxylic acids is 1. The molecule has 0 aromatic heterocycles. The van der Waals surface area contributed by atoms with Crippen molar-refractivity contribution in [1.29, 1.82) is 0 Å². The molecule has 2 aromatic rings. The van der Waals surface area contributed by atoms with Gasteiger partial charge >= 0.3 is 5.97 Å². The molecular weight excluding hydrogens is 320 g/mol. The van der Waals surface area contributed by atoms with Crippen molar-refractivity contribution in [3.63, 3.8) is 0 Å². The standard InChI is InChI=1S/C20H22O5/c1-5-12(2)25-18-15(8-9-17(22-3)19(18)23-4)13-6-7-16-14(10-13)11-24-20(16)21/h6-10,12H,5,11H2,1-4H3. The number of esters is 1. The molecule has 1 heterocycles. The van der Waals surface area contributed by atoms with Crippen LogP contribution < -0.4 is 14.2 Å². The fourth-order valence-corrected chi connectivity index (χ4v) is 2.83. The lowest BCUT2D eigenvalue weighted by molar-refractivity contribution is 0.0535. The van der Waals surface area contributed by atoms with Gasteiger partial charge in [-0.2, -0.15) is 0 Å². The van der Waals surface area contributed by atoms with E-state index in [9.17, 15) is 4.79 Å². The van der Waals surface area contributed by atoms with Gasteiger partial charge in [0, 0.05) is 11.1 Å². The van der Waals surface area contributed by atoms with Crippen molar-refractivity contribution in [2.24, 2.45) is 0 Å². The minimum absolute atomic E-state index is 0.0269. The quantitative estimate of drug-likeness (QED) is 0.736. The van der Waals surface area contributed by atoms with Crippen LogP contribution in [0.25, 0.3) is 11.1 Å². The first-order valence-electron chi connectivity index (χ1n) is 8.31. The van der Waals surface area contributed by atoms with Crippen molar-refractivity contribution < 1.29 is 23.7 Å². The van der Waals surface area contributed by atoms with Crippen molar-refractivity contribution in [3.05, 3.63) is 41.5 Å². The van der Waals surface area contributed by atoms with Gasteiger partial charge in [-0.15, -0.1) is 0 Å². The SMILES string of the molecule is CCC(C)Oc1c(-c2ccc3c(c2)COC3=O)ccc(OC)c1OC. The molecule has 5 nitrogen and oxygen atoms in total. The highest BCUT2D eigenvalue weighted by Gasteiger charge is 2.24. The minimum atomic E-state index is -0.273. The maximum absolute atomic E-state index is 11.7. The highest BCUT2D eigenvalue weighted by atomic mass is 16.5. The largest absolute Gasteiger partial charge is 0.493 e. The van der Waals surface area contributed by atoms with E-state index in [-0.39, 0.29) is 12.1 Å². The zero-order valence-electron chi connectivity index (χ0n) is 14.9. The zero-order valence-corrected chi connectivity index (χ0v) is 14.9. The van der Waals surface area contributed by atoms with Crippen molar-refractivity contribution in [2.45, 2.75) is 33.0 Å². The van der Waals surface area contributed by atoms with Crippen LogP contribution >= 0.6 is 0 Å². The van der Waals surface area contributed by atoms with E-state index in [4.69, 9.17) is 18.9 Å². The van der Waals surface area contributed by atoms with Crippen molar-refractivity contribution in [3.8, 4) is 28.4 Å². The Morgan fingerprint density at radius 2 is 1.84 bits per heavy atom. The molecule has 25 heavy (non-hydrogen) atoms. The average molecular weight is 342 g/mol. The lowest BCUT2D eigenvalue weighted by Gasteiger charge is -2.21. The summed E-state index contributed by atoms with van der Waals surface area (Å²) in [5.74, 6) is 1.55. The molecular formula is C20H22O5. The maximum atomic E-state index is 11.7. The van der Waals surface area contributed by atoms with Crippen LogP contribution in [0.4, 0.5) is 0 Å². The molecule has 0 N–H and O–H groups in total. The van der Waals surface area contributed by atoms with Crippen LogP contribution in [0.15, 0.2) is 30.3 Å². The summed E-state index contributed by atoms with van der Waals surface area (Å²) in [5.41, 5.74) is 3.33. The average Bonchev–Trinajstić information content (AvgIpc) is 3.01. The van der Waals surface area contributed by atoms with E-state index >= 15 is 0 Å². The summed E-state index contributed by atoms with van der Waals surface area (Å²) < 4.78 is 22.2. The normalized spacial score (nSPS) is 13.8. The second kappa shape index (κ2) is 7.05. The van der Waals surface area contributed by atoms with Gasteiger partial charge < -0.3 is 18.9 Å². The van der Waals surface area contributed by atoms with Gasteiger partial charge in [0.25, 0.3) is 0 Å². The van der Waals surface area contributed by atoms with Gasteiger partial charge in [-0.05, 0) is 43.2 Å². The topological polar surface area (TPSA) is 54.0 Å². The van der Waals surface area contributed by atoms with E-state index in [2.05, 4.69) is 6.92 Å². The van der Waals surface area contributed by atoms with E-state index in [0.717, 1.165) is 23.1 Å². The Morgan fingerprint density at radius 1 is 1.08 bits per heavy atom. The number of benzene rings is 2. The Labute approximate surface area is 147 Å². The van der Waals surface area contributed by atoms with E-state index in [1.54, 1.807) is 20.3 Å². The van der Waals surface area contributed by atoms with E-state index in [0.29, 0.717) is 29.4 Å². The molecule has 3 rings (SSSR count). The van der Waals surface area contributed by atoms with Crippen LogP contribution in [0.3, 0.4) is 0 Å². The molecule has 0 fully saturated rings. The lowest BCUT2D eigenvalue weighted by atomic mass is 9.99. The summed E-state index contributed by atoms with van der Waals surface area (Å²) in [6.45, 7) is 4.38.